The van der Waals surface area contributed by atoms with Gasteiger partial charge in [-0.05, 0) is 46.4 Å². The summed E-state index contributed by atoms with van der Waals surface area (Å²) < 4.78 is 1.04. The van der Waals surface area contributed by atoms with Crippen LogP contribution < -0.4 is 5.32 Å². The summed E-state index contributed by atoms with van der Waals surface area (Å²) in [5.41, 5.74) is 0. The molecule has 0 aromatic carbocycles. The second kappa shape index (κ2) is 5.70. The number of rotatable bonds is 4. The molecule has 0 atom stereocenters. The Kier molecular flexibility index (Phi) is 4.88. The van der Waals surface area contributed by atoms with Crippen LogP contribution in [0.4, 0.5) is 0 Å². The highest BCUT2D eigenvalue weighted by molar-refractivity contribution is 14.1. The van der Waals surface area contributed by atoms with Crippen LogP contribution in [-0.4, -0.2) is 12.5 Å². The highest BCUT2D eigenvalue weighted by atomic mass is 127. The third-order valence-corrected chi connectivity index (χ3v) is 4.01. The van der Waals surface area contributed by atoms with Crippen molar-refractivity contribution in [1.29, 1.82) is 0 Å². The van der Waals surface area contributed by atoms with Crippen LogP contribution in [0.3, 0.4) is 0 Å². The van der Waals surface area contributed by atoms with Gasteiger partial charge in [0.2, 0.25) is 0 Å². The van der Waals surface area contributed by atoms with Crippen molar-refractivity contribution in [2.45, 2.75) is 20.3 Å². The molecule has 0 aliphatic heterocycles. The number of hydrogen-bond donors (Lipinski definition) is 1. The van der Waals surface area contributed by atoms with Gasteiger partial charge in [0.25, 0.3) is 5.91 Å². The molecule has 0 aliphatic carbocycles. The standard InChI is InChI=1S/C10H14INOS/c1-7(2)3-5-12-10(13)9-8(11)4-6-14-9/h4,6-7H,3,5H2,1-2H3,(H,12,13). The molecule has 0 unspecified atom stereocenters. The second-order valence-electron chi connectivity index (χ2n) is 3.54. The number of amides is 1. The van der Waals surface area contributed by atoms with Crippen molar-refractivity contribution in [3.05, 3.63) is 19.9 Å². The maximum atomic E-state index is 11.6. The maximum absolute atomic E-state index is 11.6. The minimum atomic E-state index is 0.0602. The molecule has 0 saturated heterocycles. The zero-order valence-corrected chi connectivity index (χ0v) is 11.3. The molecule has 78 valence electrons. The summed E-state index contributed by atoms with van der Waals surface area (Å²) in [5.74, 6) is 0.697. The average molecular weight is 323 g/mol. The monoisotopic (exact) mass is 323 g/mol. The molecule has 0 bridgehead atoms. The summed E-state index contributed by atoms with van der Waals surface area (Å²) >= 11 is 3.68. The first-order valence-electron chi connectivity index (χ1n) is 4.62. The number of thiophene rings is 1. The molecule has 0 radical (unpaired) electrons. The second-order valence-corrected chi connectivity index (χ2v) is 5.61. The lowest BCUT2D eigenvalue weighted by atomic mass is 10.1. The van der Waals surface area contributed by atoms with Gasteiger partial charge in [0.05, 0.1) is 0 Å². The Morgan fingerprint density at radius 2 is 2.36 bits per heavy atom. The van der Waals surface area contributed by atoms with Crippen LogP contribution >= 0.6 is 33.9 Å². The Hall–Kier alpha value is -0.100. The molecule has 1 aromatic heterocycles. The van der Waals surface area contributed by atoms with Gasteiger partial charge in [-0.25, -0.2) is 0 Å². The van der Waals surface area contributed by atoms with E-state index >= 15 is 0 Å². The number of halogens is 1. The van der Waals surface area contributed by atoms with E-state index in [1.54, 1.807) is 0 Å². The third-order valence-electron chi connectivity index (χ3n) is 1.83. The van der Waals surface area contributed by atoms with Crippen LogP contribution in [0, 0.1) is 9.49 Å². The fraction of sp³-hybridized carbons (Fsp3) is 0.500. The van der Waals surface area contributed by atoms with Crippen molar-refractivity contribution in [2.75, 3.05) is 6.54 Å². The molecule has 1 heterocycles. The topological polar surface area (TPSA) is 29.1 Å². The van der Waals surface area contributed by atoms with Gasteiger partial charge in [0, 0.05) is 10.1 Å². The maximum Gasteiger partial charge on any atom is 0.262 e. The Balaban J connectivity index is 2.40. The number of carbonyl (C=O) groups is 1. The summed E-state index contributed by atoms with van der Waals surface area (Å²) in [7, 11) is 0. The van der Waals surface area contributed by atoms with Crippen molar-refractivity contribution >= 4 is 39.8 Å². The fourth-order valence-corrected chi connectivity index (χ4v) is 2.76. The summed E-state index contributed by atoms with van der Waals surface area (Å²) in [5, 5.41) is 4.87. The van der Waals surface area contributed by atoms with Crippen LogP contribution in [0.15, 0.2) is 11.4 Å². The van der Waals surface area contributed by atoms with Gasteiger partial charge >= 0.3 is 0 Å². The molecular formula is C10H14INOS. The highest BCUT2D eigenvalue weighted by Gasteiger charge is 2.10. The molecule has 1 amide bonds. The van der Waals surface area contributed by atoms with E-state index in [-0.39, 0.29) is 5.91 Å². The largest absolute Gasteiger partial charge is 0.351 e. The molecular weight excluding hydrogens is 309 g/mol. The van der Waals surface area contributed by atoms with Gasteiger partial charge < -0.3 is 5.32 Å². The van der Waals surface area contributed by atoms with Gasteiger partial charge in [-0.15, -0.1) is 11.3 Å². The first-order valence-corrected chi connectivity index (χ1v) is 6.58. The van der Waals surface area contributed by atoms with E-state index in [0.29, 0.717) is 5.92 Å². The lowest BCUT2D eigenvalue weighted by Crippen LogP contribution is -2.25. The van der Waals surface area contributed by atoms with Gasteiger partial charge in [0.15, 0.2) is 0 Å². The first-order chi connectivity index (χ1) is 6.61. The quantitative estimate of drug-likeness (QED) is 0.848. The molecule has 4 heteroatoms. The summed E-state index contributed by atoms with van der Waals surface area (Å²) in [6, 6.07) is 1.96. The molecule has 1 rings (SSSR count). The van der Waals surface area contributed by atoms with E-state index in [0.717, 1.165) is 21.4 Å². The van der Waals surface area contributed by atoms with Crippen molar-refractivity contribution in [3.63, 3.8) is 0 Å². The number of hydrogen-bond acceptors (Lipinski definition) is 2. The Morgan fingerprint density at radius 3 is 2.86 bits per heavy atom. The van der Waals surface area contributed by atoms with Crippen LogP contribution in [0.25, 0.3) is 0 Å². The number of nitrogens with one attached hydrogen (secondary N) is 1. The Morgan fingerprint density at radius 1 is 1.64 bits per heavy atom. The van der Waals surface area contributed by atoms with E-state index < -0.39 is 0 Å². The van der Waals surface area contributed by atoms with Gasteiger partial charge in [-0.2, -0.15) is 0 Å². The molecule has 2 nitrogen and oxygen atoms in total. The zero-order chi connectivity index (χ0) is 10.6. The lowest BCUT2D eigenvalue weighted by molar-refractivity contribution is 0.0955. The molecule has 0 saturated carbocycles. The predicted molar refractivity (Wildman–Crippen MR) is 68.8 cm³/mol. The zero-order valence-electron chi connectivity index (χ0n) is 8.34. The van der Waals surface area contributed by atoms with E-state index in [1.807, 2.05) is 11.4 Å². The minimum absolute atomic E-state index is 0.0602. The lowest BCUT2D eigenvalue weighted by Gasteiger charge is -2.05. The molecule has 0 fully saturated rings. The predicted octanol–water partition coefficient (Wildman–Crippen LogP) is 3.13. The smallest absolute Gasteiger partial charge is 0.262 e. The molecule has 14 heavy (non-hydrogen) atoms. The Bertz CT molecular complexity index is 309. The molecule has 1 aromatic rings. The summed E-state index contributed by atoms with van der Waals surface area (Å²) in [6.45, 7) is 5.08. The van der Waals surface area contributed by atoms with E-state index in [1.165, 1.54) is 11.3 Å². The average Bonchev–Trinajstić information content (AvgIpc) is 2.50. The minimum Gasteiger partial charge on any atom is -0.351 e. The van der Waals surface area contributed by atoms with Crippen LogP contribution in [-0.2, 0) is 0 Å². The molecule has 0 spiro atoms. The SMILES string of the molecule is CC(C)CCNC(=O)c1sccc1I. The van der Waals surface area contributed by atoms with Crippen LogP contribution in [0.5, 0.6) is 0 Å². The van der Waals surface area contributed by atoms with Crippen LogP contribution in [0.2, 0.25) is 0 Å². The fourth-order valence-electron chi connectivity index (χ4n) is 1.01. The molecule has 1 N–H and O–H groups in total. The van der Waals surface area contributed by atoms with Gasteiger partial charge in [-0.3, -0.25) is 4.79 Å². The van der Waals surface area contributed by atoms with Gasteiger partial charge in [0.1, 0.15) is 4.88 Å². The van der Waals surface area contributed by atoms with Crippen molar-refractivity contribution in [2.24, 2.45) is 5.92 Å². The summed E-state index contributed by atoms with van der Waals surface area (Å²) in [6.07, 6.45) is 1.04. The van der Waals surface area contributed by atoms with E-state index in [4.69, 9.17) is 0 Å². The number of carbonyl (C=O) groups excluding carboxylic acids is 1. The van der Waals surface area contributed by atoms with Crippen molar-refractivity contribution in [1.82, 2.24) is 5.32 Å². The summed E-state index contributed by atoms with van der Waals surface area (Å²) in [4.78, 5) is 12.4. The highest BCUT2D eigenvalue weighted by Crippen LogP contribution is 2.18. The first kappa shape index (κ1) is 12.0. The third kappa shape index (κ3) is 3.57. The van der Waals surface area contributed by atoms with Gasteiger partial charge in [-0.1, -0.05) is 13.8 Å². The van der Waals surface area contributed by atoms with E-state index in [9.17, 15) is 4.79 Å². The van der Waals surface area contributed by atoms with E-state index in [2.05, 4.69) is 41.8 Å². The normalized spacial score (nSPS) is 10.6. The molecule has 0 aliphatic rings. The van der Waals surface area contributed by atoms with Crippen LogP contribution in [0.1, 0.15) is 29.9 Å². The Labute approximate surface area is 102 Å². The van der Waals surface area contributed by atoms with Crippen molar-refractivity contribution < 1.29 is 4.79 Å². The van der Waals surface area contributed by atoms with Crippen molar-refractivity contribution in [3.8, 4) is 0 Å².